The first-order valence-electron chi connectivity index (χ1n) is 5.41. The molecule has 0 aliphatic heterocycles. The van der Waals surface area contributed by atoms with Crippen LogP contribution >= 0.6 is 15.9 Å². The van der Waals surface area contributed by atoms with Crippen LogP contribution in [0, 0.1) is 0 Å². The van der Waals surface area contributed by atoms with Crippen LogP contribution in [0.2, 0.25) is 0 Å². The number of nitrogens with two attached hydrogens (primary N) is 1. The molecule has 0 atom stereocenters. The first kappa shape index (κ1) is 14.1. The third kappa shape index (κ3) is 2.97. The van der Waals surface area contributed by atoms with Gasteiger partial charge in [-0.25, -0.2) is 4.98 Å². The second kappa shape index (κ2) is 5.74. The summed E-state index contributed by atoms with van der Waals surface area (Å²) in [5, 5.41) is 0. The van der Waals surface area contributed by atoms with Crippen molar-refractivity contribution in [2.45, 2.75) is 0 Å². The molecule has 20 heavy (non-hydrogen) atoms. The number of nitrogens with one attached hydrogen (secondary N) is 1. The van der Waals surface area contributed by atoms with Gasteiger partial charge in [0.2, 0.25) is 11.8 Å². The number of H-pyrrole nitrogens is 1. The lowest BCUT2D eigenvalue weighted by Gasteiger charge is -2.09. The molecule has 0 bridgehead atoms. The zero-order chi connectivity index (χ0) is 14.7. The van der Waals surface area contributed by atoms with Gasteiger partial charge in [0.05, 0.1) is 13.4 Å². The van der Waals surface area contributed by atoms with Crippen molar-refractivity contribution < 1.29 is 14.3 Å². The van der Waals surface area contributed by atoms with E-state index in [9.17, 15) is 9.59 Å². The molecule has 1 aromatic carbocycles. The zero-order valence-corrected chi connectivity index (χ0v) is 11.9. The Bertz CT molecular complexity index is 714. The van der Waals surface area contributed by atoms with Crippen LogP contribution in [0.3, 0.4) is 0 Å². The van der Waals surface area contributed by atoms with Crippen molar-refractivity contribution in [2.75, 3.05) is 7.11 Å². The number of primary amides is 1. The number of aromatic nitrogens is 2. The van der Waals surface area contributed by atoms with Gasteiger partial charge in [-0.2, -0.15) is 0 Å². The van der Waals surface area contributed by atoms with Crippen molar-refractivity contribution in [1.29, 1.82) is 0 Å². The normalized spacial score (nSPS) is 10.1. The predicted molar refractivity (Wildman–Crippen MR) is 74.1 cm³/mol. The molecule has 1 amide bonds. The second-order valence-corrected chi connectivity index (χ2v) is 4.51. The van der Waals surface area contributed by atoms with E-state index in [4.69, 9.17) is 15.2 Å². The Labute approximate surface area is 121 Å². The Morgan fingerprint density at radius 2 is 2.05 bits per heavy atom. The number of carbonyl (C=O) groups is 1. The fourth-order valence-electron chi connectivity index (χ4n) is 1.44. The van der Waals surface area contributed by atoms with Crippen LogP contribution in [0.25, 0.3) is 0 Å². The van der Waals surface area contributed by atoms with Gasteiger partial charge in [-0.3, -0.25) is 9.59 Å². The number of rotatable bonds is 4. The predicted octanol–water partition coefficient (Wildman–Crippen LogP) is 1.43. The summed E-state index contributed by atoms with van der Waals surface area (Å²) in [5.74, 6) is 0.123. The highest BCUT2D eigenvalue weighted by Gasteiger charge is 2.11. The summed E-state index contributed by atoms with van der Waals surface area (Å²) in [4.78, 5) is 28.9. The molecule has 2 aromatic rings. The largest absolute Gasteiger partial charge is 0.497 e. The SMILES string of the molecule is COc1cc(Oc2nc[nH]c(=O)c2Br)cc(C(N)=O)c1. The molecule has 2 rings (SSSR count). The lowest BCUT2D eigenvalue weighted by Crippen LogP contribution is -2.11. The van der Waals surface area contributed by atoms with Gasteiger partial charge in [-0.1, -0.05) is 0 Å². The van der Waals surface area contributed by atoms with E-state index in [1.807, 2.05) is 0 Å². The Hall–Kier alpha value is -2.35. The van der Waals surface area contributed by atoms with Crippen molar-refractivity contribution >= 4 is 21.8 Å². The number of aromatic amines is 1. The zero-order valence-electron chi connectivity index (χ0n) is 10.3. The van der Waals surface area contributed by atoms with E-state index < -0.39 is 5.91 Å². The minimum atomic E-state index is -0.619. The minimum Gasteiger partial charge on any atom is -0.497 e. The number of nitrogens with zero attached hydrogens (tertiary/aromatic N) is 1. The number of hydrogen-bond acceptors (Lipinski definition) is 5. The van der Waals surface area contributed by atoms with E-state index in [1.165, 1.54) is 25.6 Å². The topological polar surface area (TPSA) is 107 Å². The Morgan fingerprint density at radius 3 is 2.70 bits per heavy atom. The molecule has 1 heterocycles. The first-order chi connectivity index (χ1) is 9.51. The van der Waals surface area contributed by atoms with Crippen molar-refractivity contribution in [3.05, 3.63) is 44.9 Å². The molecule has 0 saturated carbocycles. The van der Waals surface area contributed by atoms with Crippen LogP contribution in [0.15, 0.2) is 33.8 Å². The minimum absolute atomic E-state index is 0.0671. The number of benzene rings is 1. The molecule has 0 fully saturated rings. The average Bonchev–Trinajstić information content (AvgIpc) is 2.43. The maximum Gasteiger partial charge on any atom is 0.268 e. The third-order valence-electron chi connectivity index (χ3n) is 2.38. The maximum absolute atomic E-state index is 11.4. The van der Waals surface area contributed by atoms with Crippen LogP contribution in [0.5, 0.6) is 17.4 Å². The molecule has 0 aliphatic rings. The van der Waals surface area contributed by atoms with Crippen molar-refractivity contribution in [3.8, 4) is 17.4 Å². The second-order valence-electron chi connectivity index (χ2n) is 3.71. The Kier molecular flexibility index (Phi) is 4.04. The van der Waals surface area contributed by atoms with Crippen molar-refractivity contribution in [3.63, 3.8) is 0 Å². The lowest BCUT2D eigenvalue weighted by molar-refractivity contribution is 0.0999. The fraction of sp³-hybridized carbons (Fsp3) is 0.0833. The summed E-state index contributed by atoms with van der Waals surface area (Å²) >= 11 is 3.07. The molecule has 1 aromatic heterocycles. The number of amides is 1. The molecule has 8 heteroatoms. The highest BCUT2D eigenvalue weighted by molar-refractivity contribution is 9.10. The summed E-state index contributed by atoms with van der Waals surface area (Å²) in [6.45, 7) is 0. The van der Waals surface area contributed by atoms with Gasteiger partial charge >= 0.3 is 0 Å². The summed E-state index contributed by atoms with van der Waals surface area (Å²) < 4.78 is 10.6. The number of methoxy groups -OCH3 is 1. The standard InChI is InChI=1S/C12H10BrN3O4/c1-19-7-2-6(10(14)17)3-8(4-7)20-12-9(13)11(18)15-5-16-12/h2-5H,1H3,(H2,14,17)(H,15,16,18). The van der Waals surface area contributed by atoms with E-state index >= 15 is 0 Å². The number of hydrogen-bond donors (Lipinski definition) is 2. The summed E-state index contributed by atoms with van der Waals surface area (Å²) in [6, 6.07) is 4.46. The van der Waals surface area contributed by atoms with E-state index in [0.29, 0.717) is 5.75 Å². The van der Waals surface area contributed by atoms with E-state index in [0.717, 1.165) is 0 Å². The average molecular weight is 340 g/mol. The quantitative estimate of drug-likeness (QED) is 0.876. The Morgan fingerprint density at radius 1 is 1.35 bits per heavy atom. The molecule has 0 radical (unpaired) electrons. The first-order valence-corrected chi connectivity index (χ1v) is 6.20. The van der Waals surface area contributed by atoms with Gasteiger partial charge in [0.1, 0.15) is 16.0 Å². The number of carbonyl (C=O) groups excluding carboxylic acids is 1. The van der Waals surface area contributed by atoms with Crippen LogP contribution in [0.1, 0.15) is 10.4 Å². The van der Waals surface area contributed by atoms with Gasteiger partial charge in [0.15, 0.2) is 0 Å². The smallest absolute Gasteiger partial charge is 0.268 e. The van der Waals surface area contributed by atoms with Gasteiger partial charge in [0.25, 0.3) is 5.56 Å². The van der Waals surface area contributed by atoms with E-state index in [-0.39, 0.29) is 27.2 Å². The molecule has 7 nitrogen and oxygen atoms in total. The van der Waals surface area contributed by atoms with Crippen LogP contribution in [-0.4, -0.2) is 23.0 Å². The molecular formula is C12H10BrN3O4. The van der Waals surface area contributed by atoms with Crippen molar-refractivity contribution in [1.82, 2.24) is 9.97 Å². The maximum atomic E-state index is 11.4. The van der Waals surface area contributed by atoms with Crippen LogP contribution in [0.4, 0.5) is 0 Å². The highest BCUT2D eigenvalue weighted by atomic mass is 79.9. The molecule has 0 saturated heterocycles. The monoisotopic (exact) mass is 339 g/mol. The fourth-order valence-corrected chi connectivity index (χ4v) is 1.74. The van der Waals surface area contributed by atoms with E-state index in [1.54, 1.807) is 6.07 Å². The van der Waals surface area contributed by atoms with E-state index in [2.05, 4.69) is 25.9 Å². The van der Waals surface area contributed by atoms with Crippen LogP contribution in [-0.2, 0) is 0 Å². The van der Waals surface area contributed by atoms with Crippen LogP contribution < -0.4 is 20.8 Å². The molecule has 104 valence electrons. The van der Waals surface area contributed by atoms with Gasteiger partial charge in [0, 0.05) is 11.6 Å². The summed E-state index contributed by atoms with van der Waals surface area (Å²) in [7, 11) is 1.45. The van der Waals surface area contributed by atoms with Crippen molar-refractivity contribution in [2.24, 2.45) is 5.73 Å². The lowest BCUT2D eigenvalue weighted by atomic mass is 10.2. The number of ether oxygens (including phenoxy) is 2. The van der Waals surface area contributed by atoms with Gasteiger partial charge in [-0.05, 0) is 28.1 Å². The number of halogens is 1. The summed E-state index contributed by atoms with van der Waals surface area (Å²) in [5.41, 5.74) is 5.06. The molecule has 3 N–H and O–H groups in total. The molecule has 0 unspecified atom stereocenters. The highest BCUT2D eigenvalue weighted by Crippen LogP contribution is 2.28. The molecular weight excluding hydrogens is 330 g/mol. The van der Waals surface area contributed by atoms with Gasteiger partial charge in [-0.15, -0.1) is 0 Å². The Balaban J connectivity index is 2.42. The van der Waals surface area contributed by atoms with Gasteiger partial charge < -0.3 is 20.2 Å². The third-order valence-corrected chi connectivity index (χ3v) is 3.08. The molecule has 0 spiro atoms. The molecule has 0 aliphatic carbocycles. The summed E-state index contributed by atoms with van der Waals surface area (Å²) in [6.07, 6.45) is 1.21.